The first-order chi connectivity index (χ1) is 18.5. The maximum atomic E-state index is 13.7. The van der Waals surface area contributed by atoms with Gasteiger partial charge in [-0.05, 0) is 74.1 Å². The third-order valence-electron chi connectivity index (χ3n) is 6.28. The lowest BCUT2D eigenvalue weighted by atomic mass is 10.0. The SMILES string of the molecule is CCCN(CCC)C(=O)c1cc(C)cc(C(=O)O[C@H](CNC(CC)C(N)=O)[C@@H](N)Cc2cc(F)cc(F)c2)c1. The molecule has 10 heteroatoms. The van der Waals surface area contributed by atoms with E-state index in [0.29, 0.717) is 36.2 Å². The second-order valence-corrected chi connectivity index (χ2v) is 9.74. The molecule has 214 valence electrons. The molecule has 2 aromatic carbocycles. The average Bonchev–Trinajstić information content (AvgIpc) is 2.86. The summed E-state index contributed by atoms with van der Waals surface area (Å²) < 4.78 is 33.2. The molecule has 0 aliphatic heterocycles. The van der Waals surface area contributed by atoms with Gasteiger partial charge in [0, 0.05) is 37.3 Å². The van der Waals surface area contributed by atoms with E-state index in [1.165, 1.54) is 6.07 Å². The number of hydrogen-bond donors (Lipinski definition) is 3. The standard InChI is InChI=1S/C29H40F2N4O4/c1-5-8-35(9-6-2)28(37)20-10-18(4)11-21(15-20)29(38)39-26(17-34-25(7-3)27(33)36)24(32)14-19-12-22(30)16-23(31)13-19/h10-13,15-16,24-26,34H,5-9,14,17,32H2,1-4H3,(H2,33,36)/t24-,25?,26+/m0/s1. The van der Waals surface area contributed by atoms with Crippen LogP contribution in [0, 0.1) is 18.6 Å². The average molecular weight is 547 g/mol. The summed E-state index contributed by atoms with van der Waals surface area (Å²) in [6, 6.07) is 6.34. The van der Waals surface area contributed by atoms with E-state index in [2.05, 4.69) is 5.32 Å². The fourth-order valence-electron chi connectivity index (χ4n) is 4.38. The molecular formula is C29H40F2N4O4. The van der Waals surface area contributed by atoms with E-state index in [0.717, 1.165) is 31.0 Å². The summed E-state index contributed by atoms with van der Waals surface area (Å²) in [7, 11) is 0. The van der Waals surface area contributed by atoms with Crippen LogP contribution in [0.3, 0.4) is 0 Å². The van der Waals surface area contributed by atoms with Crippen molar-refractivity contribution >= 4 is 17.8 Å². The second kappa shape index (κ2) is 15.3. The molecule has 0 fully saturated rings. The number of esters is 1. The van der Waals surface area contributed by atoms with E-state index in [1.807, 2.05) is 13.8 Å². The second-order valence-electron chi connectivity index (χ2n) is 9.74. The quantitative estimate of drug-likeness (QED) is 0.294. The molecule has 3 atom stereocenters. The van der Waals surface area contributed by atoms with Crippen LogP contribution >= 0.6 is 0 Å². The molecule has 2 amide bonds. The van der Waals surface area contributed by atoms with Gasteiger partial charge in [-0.2, -0.15) is 0 Å². The predicted octanol–water partition coefficient (Wildman–Crippen LogP) is 3.48. The molecule has 0 aromatic heterocycles. The van der Waals surface area contributed by atoms with Gasteiger partial charge in [0.2, 0.25) is 5.91 Å². The fraction of sp³-hybridized carbons (Fsp3) is 0.483. The van der Waals surface area contributed by atoms with E-state index in [-0.39, 0.29) is 24.4 Å². The molecule has 2 rings (SSSR count). The van der Waals surface area contributed by atoms with E-state index >= 15 is 0 Å². The molecule has 5 N–H and O–H groups in total. The number of amides is 2. The van der Waals surface area contributed by atoms with Crippen molar-refractivity contribution in [3.8, 4) is 0 Å². The lowest BCUT2D eigenvalue weighted by Crippen LogP contribution is -2.50. The number of aryl methyl sites for hydroxylation is 1. The molecule has 2 aromatic rings. The van der Waals surface area contributed by atoms with Crippen molar-refractivity contribution in [3.05, 3.63) is 70.3 Å². The third kappa shape index (κ3) is 9.71. The lowest BCUT2D eigenvalue weighted by Gasteiger charge is -2.26. The molecule has 0 spiro atoms. The smallest absolute Gasteiger partial charge is 0.338 e. The first-order valence-electron chi connectivity index (χ1n) is 13.3. The maximum Gasteiger partial charge on any atom is 0.338 e. The van der Waals surface area contributed by atoms with Gasteiger partial charge in [0.1, 0.15) is 17.7 Å². The maximum absolute atomic E-state index is 13.7. The number of rotatable bonds is 15. The summed E-state index contributed by atoms with van der Waals surface area (Å²) in [6.45, 7) is 8.71. The Labute approximate surface area is 229 Å². The van der Waals surface area contributed by atoms with Gasteiger partial charge in [0.15, 0.2) is 0 Å². The van der Waals surface area contributed by atoms with Crippen LogP contribution in [0.2, 0.25) is 0 Å². The molecular weight excluding hydrogens is 506 g/mol. The minimum Gasteiger partial charge on any atom is -0.456 e. The molecule has 0 aliphatic carbocycles. The number of carbonyl (C=O) groups excluding carboxylic acids is 3. The van der Waals surface area contributed by atoms with E-state index in [9.17, 15) is 23.2 Å². The minimum absolute atomic E-state index is 0.00220. The zero-order valence-electron chi connectivity index (χ0n) is 23.1. The molecule has 0 bridgehead atoms. The summed E-state index contributed by atoms with van der Waals surface area (Å²) in [5.41, 5.74) is 13.3. The van der Waals surface area contributed by atoms with E-state index in [1.54, 1.807) is 30.9 Å². The molecule has 8 nitrogen and oxygen atoms in total. The molecule has 1 unspecified atom stereocenters. The van der Waals surface area contributed by atoms with Crippen molar-refractivity contribution < 1.29 is 27.9 Å². The number of hydrogen-bond acceptors (Lipinski definition) is 6. The third-order valence-corrected chi connectivity index (χ3v) is 6.28. The summed E-state index contributed by atoms with van der Waals surface area (Å²) in [5, 5.41) is 2.96. The van der Waals surface area contributed by atoms with Crippen LogP contribution < -0.4 is 16.8 Å². The Hall–Kier alpha value is -3.37. The van der Waals surface area contributed by atoms with Gasteiger partial charge < -0.3 is 26.4 Å². The first kappa shape index (κ1) is 31.8. The number of primary amides is 1. The van der Waals surface area contributed by atoms with Crippen LogP contribution in [-0.4, -0.2) is 60.5 Å². The van der Waals surface area contributed by atoms with Gasteiger partial charge in [-0.25, -0.2) is 13.6 Å². The van der Waals surface area contributed by atoms with Gasteiger partial charge >= 0.3 is 5.97 Å². The van der Waals surface area contributed by atoms with Crippen LogP contribution in [0.1, 0.15) is 71.9 Å². The summed E-state index contributed by atoms with van der Waals surface area (Å²) in [4.78, 5) is 39.9. The highest BCUT2D eigenvalue weighted by Crippen LogP contribution is 2.17. The van der Waals surface area contributed by atoms with Gasteiger partial charge in [-0.1, -0.05) is 20.8 Å². The van der Waals surface area contributed by atoms with Crippen LogP contribution in [0.15, 0.2) is 36.4 Å². The zero-order valence-corrected chi connectivity index (χ0v) is 23.1. The monoisotopic (exact) mass is 546 g/mol. The van der Waals surface area contributed by atoms with Crippen molar-refractivity contribution in [2.75, 3.05) is 19.6 Å². The number of ether oxygens (including phenoxy) is 1. The molecule has 0 heterocycles. The largest absolute Gasteiger partial charge is 0.456 e. The van der Waals surface area contributed by atoms with Crippen LogP contribution in [0.4, 0.5) is 8.78 Å². The topological polar surface area (TPSA) is 128 Å². The Bertz CT molecular complexity index is 1120. The number of nitrogens with two attached hydrogens (primary N) is 2. The Kier molecular flexibility index (Phi) is 12.5. The van der Waals surface area contributed by atoms with Crippen molar-refractivity contribution in [2.24, 2.45) is 11.5 Å². The van der Waals surface area contributed by atoms with Crippen molar-refractivity contribution in [1.82, 2.24) is 10.2 Å². The molecule has 0 aliphatic rings. The Morgan fingerprint density at radius 2 is 1.54 bits per heavy atom. The Morgan fingerprint density at radius 1 is 0.949 bits per heavy atom. The summed E-state index contributed by atoms with van der Waals surface area (Å²) >= 11 is 0. The minimum atomic E-state index is -0.978. The van der Waals surface area contributed by atoms with Crippen LogP contribution in [0.25, 0.3) is 0 Å². The highest BCUT2D eigenvalue weighted by atomic mass is 19.1. The first-order valence-corrected chi connectivity index (χ1v) is 13.3. The lowest BCUT2D eigenvalue weighted by molar-refractivity contribution is -0.120. The highest BCUT2D eigenvalue weighted by Gasteiger charge is 2.26. The zero-order chi connectivity index (χ0) is 29.1. The van der Waals surface area contributed by atoms with Gasteiger partial charge in [-0.15, -0.1) is 0 Å². The van der Waals surface area contributed by atoms with Gasteiger partial charge in [-0.3, -0.25) is 9.59 Å². The number of nitrogens with zero attached hydrogens (tertiary/aromatic N) is 1. The Morgan fingerprint density at radius 3 is 2.08 bits per heavy atom. The van der Waals surface area contributed by atoms with Crippen molar-refractivity contribution in [1.29, 1.82) is 0 Å². The fourth-order valence-corrected chi connectivity index (χ4v) is 4.38. The van der Waals surface area contributed by atoms with E-state index in [4.69, 9.17) is 16.2 Å². The van der Waals surface area contributed by atoms with Crippen LogP contribution in [-0.2, 0) is 16.0 Å². The van der Waals surface area contributed by atoms with Gasteiger partial charge in [0.25, 0.3) is 5.91 Å². The summed E-state index contributed by atoms with van der Waals surface area (Å²) in [6.07, 6.45) is 1.03. The molecule has 0 saturated carbocycles. The van der Waals surface area contributed by atoms with E-state index < -0.39 is 41.7 Å². The molecule has 39 heavy (non-hydrogen) atoms. The Balaban J connectivity index is 2.31. The number of benzene rings is 2. The van der Waals surface area contributed by atoms with Gasteiger partial charge in [0.05, 0.1) is 11.6 Å². The molecule has 0 saturated heterocycles. The number of nitrogens with one attached hydrogen (secondary N) is 1. The predicted molar refractivity (Wildman–Crippen MR) is 146 cm³/mol. The number of carbonyl (C=O) groups is 3. The normalized spacial score (nSPS) is 13.4. The highest BCUT2D eigenvalue weighted by molar-refractivity contribution is 5.98. The van der Waals surface area contributed by atoms with Crippen LogP contribution in [0.5, 0.6) is 0 Å². The van der Waals surface area contributed by atoms with Crippen molar-refractivity contribution in [3.63, 3.8) is 0 Å². The van der Waals surface area contributed by atoms with Crippen molar-refractivity contribution in [2.45, 2.75) is 71.6 Å². The summed E-state index contributed by atoms with van der Waals surface area (Å²) in [5.74, 6) is -2.97. The molecule has 0 radical (unpaired) electrons. The number of halogens is 2.